The summed E-state index contributed by atoms with van der Waals surface area (Å²) in [5.74, 6) is 0.900. The summed E-state index contributed by atoms with van der Waals surface area (Å²) in [7, 11) is 0. The molecule has 1 heterocycles. The van der Waals surface area contributed by atoms with Gasteiger partial charge in [0.05, 0.1) is 6.61 Å². The third-order valence-electron chi connectivity index (χ3n) is 2.86. The van der Waals surface area contributed by atoms with E-state index in [-0.39, 0.29) is 12.5 Å². The summed E-state index contributed by atoms with van der Waals surface area (Å²) in [5.41, 5.74) is 1.78. The SMILES string of the molecule is CCc1ccc(C(=O)NCc2cccc(CO)c2)o1. The fourth-order valence-electron chi connectivity index (χ4n) is 1.80. The molecule has 0 atom stereocenters. The highest BCUT2D eigenvalue weighted by Crippen LogP contribution is 2.09. The third kappa shape index (κ3) is 3.45. The van der Waals surface area contributed by atoms with Gasteiger partial charge in [0.25, 0.3) is 5.91 Å². The van der Waals surface area contributed by atoms with E-state index in [0.717, 1.165) is 23.3 Å². The number of aryl methyl sites for hydroxylation is 1. The number of carbonyl (C=O) groups is 1. The lowest BCUT2D eigenvalue weighted by Gasteiger charge is -2.05. The maximum atomic E-state index is 11.8. The Bertz CT molecular complexity index is 560. The van der Waals surface area contributed by atoms with E-state index in [1.807, 2.05) is 31.2 Å². The van der Waals surface area contributed by atoms with Crippen molar-refractivity contribution >= 4 is 5.91 Å². The molecule has 0 bridgehead atoms. The summed E-state index contributed by atoms with van der Waals surface area (Å²) >= 11 is 0. The summed E-state index contributed by atoms with van der Waals surface area (Å²) in [6.45, 7) is 2.38. The normalized spacial score (nSPS) is 10.4. The van der Waals surface area contributed by atoms with E-state index in [9.17, 15) is 4.79 Å². The van der Waals surface area contributed by atoms with Crippen LogP contribution in [0, 0.1) is 0 Å². The van der Waals surface area contributed by atoms with Gasteiger partial charge in [0.2, 0.25) is 0 Å². The van der Waals surface area contributed by atoms with Crippen LogP contribution in [0.1, 0.15) is 34.4 Å². The molecule has 0 unspecified atom stereocenters. The van der Waals surface area contributed by atoms with E-state index in [2.05, 4.69) is 5.32 Å². The molecule has 0 aliphatic heterocycles. The Kier molecular flexibility index (Phi) is 4.36. The highest BCUT2D eigenvalue weighted by atomic mass is 16.3. The molecule has 2 N–H and O–H groups in total. The lowest BCUT2D eigenvalue weighted by Crippen LogP contribution is -2.22. The van der Waals surface area contributed by atoms with Crippen molar-refractivity contribution in [2.75, 3.05) is 0 Å². The van der Waals surface area contributed by atoms with Gasteiger partial charge >= 0.3 is 0 Å². The van der Waals surface area contributed by atoms with Crippen LogP contribution in [0.4, 0.5) is 0 Å². The van der Waals surface area contributed by atoms with Gasteiger partial charge in [-0.2, -0.15) is 0 Å². The zero-order valence-electron chi connectivity index (χ0n) is 10.8. The van der Waals surface area contributed by atoms with Crippen molar-refractivity contribution in [3.8, 4) is 0 Å². The average Bonchev–Trinajstić information content (AvgIpc) is 2.94. The maximum absolute atomic E-state index is 11.8. The second-order valence-electron chi connectivity index (χ2n) is 4.28. The molecule has 4 nitrogen and oxygen atoms in total. The molecule has 19 heavy (non-hydrogen) atoms. The predicted octanol–water partition coefficient (Wildman–Crippen LogP) is 2.26. The van der Waals surface area contributed by atoms with E-state index in [1.54, 1.807) is 12.1 Å². The molecule has 0 saturated heterocycles. The smallest absolute Gasteiger partial charge is 0.287 e. The molecule has 2 rings (SSSR count). The van der Waals surface area contributed by atoms with Crippen LogP contribution in [0.2, 0.25) is 0 Å². The first kappa shape index (κ1) is 13.4. The molecule has 0 radical (unpaired) electrons. The lowest BCUT2D eigenvalue weighted by atomic mass is 10.1. The van der Waals surface area contributed by atoms with Gasteiger partial charge in [-0.1, -0.05) is 31.2 Å². The molecule has 1 aromatic carbocycles. The monoisotopic (exact) mass is 259 g/mol. The van der Waals surface area contributed by atoms with Gasteiger partial charge < -0.3 is 14.8 Å². The van der Waals surface area contributed by atoms with Crippen molar-refractivity contribution in [1.82, 2.24) is 5.32 Å². The minimum absolute atomic E-state index is 0.000168. The number of nitrogens with one attached hydrogen (secondary N) is 1. The number of benzene rings is 1. The molecule has 0 spiro atoms. The van der Waals surface area contributed by atoms with Crippen molar-refractivity contribution in [1.29, 1.82) is 0 Å². The molecule has 100 valence electrons. The fraction of sp³-hybridized carbons (Fsp3) is 0.267. The molecule has 1 aromatic heterocycles. The summed E-state index contributed by atoms with van der Waals surface area (Å²) in [4.78, 5) is 11.8. The molecule has 0 saturated carbocycles. The Hall–Kier alpha value is -2.07. The van der Waals surface area contributed by atoms with Gasteiger partial charge in [0.1, 0.15) is 5.76 Å². The lowest BCUT2D eigenvalue weighted by molar-refractivity contribution is 0.0921. The zero-order chi connectivity index (χ0) is 13.7. The van der Waals surface area contributed by atoms with Crippen LogP contribution in [0.5, 0.6) is 0 Å². The summed E-state index contributed by atoms with van der Waals surface area (Å²) in [6, 6.07) is 10.9. The number of hydrogen-bond donors (Lipinski definition) is 2. The summed E-state index contributed by atoms with van der Waals surface area (Å²) < 4.78 is 5.38. The third-order valence-corrected chi connectivity index (χ3v) is 2.86. The fourth-order valence-corrected chi connectivity index (χ4v) is 1.80. The second-order valence-corrected chi connectivity index (χ2v) is 4.28. The first-order valence-electron chi connectivity index (χ1n) is 6.28. The molecular formula is C15H17NO3. The van der Waals surface area contributed by atoms with Crippen LogP contribution in [0.3, 0.4) is 0 Å². The van der Waals surface area contributed by atoms with E-state index in [1.165, 1.54) is 0 Å². The Morgan fingerprint density at radius 3 is 2.74 bits per heavy atom. The number of carbonyl (C=O) groups excluding carboxylic acids is 1. The number of hydrogen-bond acceptors (Lipinski definition) is 3. The Labute approximate surface area is 112 Å². The second kappa shape index (κ2) is 6.20. The first-order valence-corrected chi connectivity index (χ1v) is 6.28. The number of aliphatic hydroxyl groups excluding tert-OH is 1. The summed E-state index contributed by atoms with van der Waals surface area (Å²) in [6.07, 6.45) is 0.770. The number of furan rings is 1. The summed E-state index contributed by atoms with van der Waals surface area (Å²) in [5, 5.41) is 11.8. The van der Waals surface area contributed by atoms with Gasteiger partial charge in [-0.25, -0.2) is 0 Å². The molecular weight excluding hydrogens is 242 g/mol. The maximum Gasteiger partial charge on any atom is 0.287 e. The van der Waals surface area contributed by atoms with Gasteiger partial charge in [-0.3, -0.25) is 4.79 Å². The van der Waals surface area contributed by atoms with Crippen LogP contribution < -0.4 is 5.32 Å². The topological polar surface area (TPSA) is 62.5 Å². The highest BCUT2D eigenvalue weighted by molar-refractivity contribution is 5.91. The number of amides is 1. The zero-order valence-corrected chi connectivity index (χ0v) is 10.8. The van der Waals surface area contributed by atoms with Crippen LogP contribution in [0.15, 0.2) is 40.8 Å². The number of aliphatic hydroxyl groups is 1. The minimum atomic E-state index is -0.228. The van der Waals surface area contributed by atoms with Gasteiger partial charge in [0, 0.05) is 13.0 Å². The van der Waals surface area contributed by atoms with Crippen LogP contribution >= 0.6 is 0 Å². The average molecular weight is 259 g/mol. The first-order chi connectivity index (χ1) is 9.22. The van der Waals surface area contributed by atoms with E-state index >= 15 is 0 Å². The molecule has 2 aromatic rings. The Morgan fingerprint density at radius 1 is 1.26 bits per heavy atom. The molecule has 1 amide bonds. The highest BCUT2D eigenvalue weighted by Gasteiger charge is 2.10. The molecule has 0 aliphatic carbocycles. The molecule has 0 fully saturated rings. The molecule has 4 heteroatoms. The van der Waals surface area contributed by atoms with Crippen LogP contribution in [0.25, 0.3) is 0 Å². The Balaban J connectivity index is 1.96. The van der Waals surface area contributed by atoms with Gasteiger partial charge in [0.15, 0.2) is 5.76 Å². The van der Waals surface area contributed by atoms with Gasteiger partial charge in [-0.15, -0.1) is 0 Å². The van der Waals surface area contributed by atoms with E-state index in [0.29, 0.717) is 12.3 Å². The van der Waals surface area contributed by atoms with Gasteiger partial charge in [-0.05, 0) is 23.3 Å². The largest absolute Gasteiger partial charge is 0.456 e. The van der Waals surface area contributed by atoms with Crippen molar-refractivity contribution in [2.45, 2.75) is 26.5 Å². The van der Waals surface area contributed by atoms with Crippen molar-refractivity contribution in [3.63, 3.8) is 0 Å². The minimum Gasteiger partial charge on any atom is -0.456 e. The Morgan fingerprint density at radius 2 is 2.05 bits per heavy atom. The number of rotatable bonds is 5. The van der Waals surface area contributed by atoms with Crippen molar-refractivity contribution in [2.24, 2.45) is 0 Å². The van der Waals surface area contributed by atoms with Crippen LogP contribution in [-0.2, 0) is 19.6 Å². The van der Waals surface area contributed by atoms with E-state index in [4.69, 9.17) is 9.52 Å². The van der Waals surface area contributed by atoms with Crippen molar-refractivity contribution in [3.05, 3.63) is 59.0 Å². The molecule has 0 aliphatic rings. The quantitative estimate of drug-likeness (QED) is 0.865. The predicted molar refractivity (Wildman–Crippen MR) is 71.6 cm³/mol. The van der Waals surface area contributed by atoms with Crippen LogP contribution in [-0.4, -0.2) is 11.0 Å². The van der Waals surface area contributed by atoms with E-state index < -0.39 is 0 Å². The standard InChI is InChI=1S/C15H17NO3/c1-2-13-6-7-14(19-13)15(18)16-9-11-4-3-5-12(8-11)10-17/h3-8,17H,2,9-10H2,1H3,(H,16,18). The van der Waals surface area contributed by atoms with Crippen molar-refractivity contribution < 1.29 is 14.3 Å².